The van der Waals surface area contributed by atoms with Crippen molar-refractivity contribution in [3.63, 3.8) is 0 Å². The van der Waals surface area contributed by atoms with Gasteiger partial charge in [0.25, 0.3) is 0 Å². The number of nitrogens with one attached hydrogen (secondary N) is 1. The van der Waals surface area contributed by atoms with Gasteiger partial charge in [-0.1, -0.05) is 43.3 Å². The minimum Gasteiger partial charge on any atom is -0.366 e. The Morgan fingerprint density at radius 3 is 2.78 bits per heavy atom. The summed E-state index contributed by atoms with van der Waals surface area (Å²) in [5, 5.41) is 3.44. The van der Waals surface area contributed by atoms with Gasteiger partial charge >= 0.3 is 0 Å². The number of pyridine rings is 1. The van der Waals surface area contributed by atoms with E-state index in [1.165, 1.54) is 12.8 Å². The fourth-order valence-electron chi connectivity index (χ4n) is 3.50. The van der Waals surface area contributed by atoms with Gasteiger partial charge in [-0.15, -0.1) is 0 Å². The molecule has 3 aromatic rings. The van der Waals surface area contributed by atoms with Gasteiger partial charge in [-0.25, -0.2) is 9.97 Å². The minimum absolute atomic E-state index is 0.689. The second-order valence-corrected chi connectivity index (χ2v) is 7.21. The molecule has 0 saturated carbocycles. The van der Waals surface area contributed by atoms with Gasteiger partial charge in [-0.05, 0) is 30.4 Å². The second kappa shape index (κ2) is 8.16. The SMILES string of the molecule is CC1CCCN(c2cc(NCc3cccnc3)nc(-c3ccccc3)n2)C1. The van der Waals surface area contributed by atoms with Crippen LogP contribution in [0.3, 0.4) is 0 Å². The molecule has 138 valence electrons. The molecule has 0 spiro atoms. The molecule has 1 aromatic carbocycles. The molecule has 0 aliphatic carbocycles. The maximum atomic E-state index is 4.88. The van der Waals surface area contributed by atoms with Crippen molar-refractivity contribution in [2.75, 3.05) is 23.3 Å². The van der Waals surface area contributed by atoms with Crippen LogP contribution >= 0.6 is 0 Å². The average molecular weight is 359 g/mol. The van der Waals surface area contributed by atoms with Crippen LogP contribution in [0, 0.1) is 5.92 Å². The number of hydrogen-bond donors (Lipinski definition) is 1. The van der Waals surface area contributed by atoms with Crippen molar-refractivity contribution in [2.45, 2.75) is 26.3 Å². The predicted octanol–water partition coefficient (Wildman–Crippen LogP) is 4.39. The highest BCUT2D eigenvalue weighted by Crippen LogP contribution is 2.26. The van der Waals surface area contributed by atoms with Crippen LogP contribution in [0.15, 0.2) is 60.9 Å². The number of benzene rings is 1. The van der Waals surface area contributed by atoms with E-state index in [1.54, 1.807) is 6.20 Å². The number of nitrogens with zero attached hydrogens (tertiary/aromatic N) is 4. The lowest BCUT2D eigenvalue weighted by molar-refractivity contribution is 0.444. The van der Waals surface area contributed by atoms with E-state index in [0.717, 1.165) is 41.7 Å². The first-order chi connectivity index (χ1) is 13.3. The molecule has 2 aromatic heterocycles. The van der Waals surface area contributed by atoms with E-state index in [2.05, 4.69) is 46.4 Å². The lowest BCUT2D eigenvalue weighted by Gasteiger charge is -2.32. The number of aromatic nitrogens is 3. The Bertz CT molecular complexity index is 866. The van der Waals surface area contributed by atoms with E-state index >= 15 is 0 Å². The molecule has 1 aliphatic rings. The van der Waals surface area contributed by atoms with Gasteiger partial charge in [-0.2, -0.15) is 0 Å². The predicted molar refractivity (Wildman–Crippen MR) is 110 cm³/mol. The van der Waals surface area contributed by atoms with E-state index in [1.807, 2.05) is 30.5 Å². The van der Waals surface area contributed by atoms with Crippen LogP contribution in [-0.2, 0) is 6.54 Å². The molecule has 1 unspecified atom stereocenters. The van der Waals surface area contributed by atoms with Crippen LogP contribution in [-0.4, -0.2) is 28.0 Å². The Morgan fingerprint density at radius 2 is 2.00 bits per heavy atom. The third kappa shape index (κ3) is 4.42. The van der Waals surface area contributed by atoms with E-state index < -0.39 is 0 Å². The van der Waals surface area contributed by atoms with Gasteiger partial charge in [0.15, 0.2) is 5.82 Å². The van der Waals surface area contributed by atoms with Crippen molar-refractivity contribution in [1.29, 1.82) is 0 Å². The van der Waals surface area contributed by atoms with Gasteiger partial charge in [0.05, 0.1) is 0 Å². The summed E-state index contributed by atoms with van der Waals surface area (Å²) in [5.74, 6) is 3.31. The first kappa shape index (κ1) is 17.5. The van der Waals surface area contributed by atoms with Crippen LogP contribution in [0.25, 0.3) is 11.4 Å². The van der Waals surface area contributed by atoms with Crippen LogP contribution in [0.2, 0.25) is 0 Å². The van der Waals surface area contributed by atoms with Crippen LogP contribution in [0.5, 0.6) is 0 Å². The first-order valence-corrected chi connectivity index (χ1v) is 9.60. The molecule has 1 saturated heterocycles. The Balaban J connectivity index is 1.63. The normalized spacial score (nSPS) is 16.9. The zero-order valence-electron chi connectivity index (χ0n) is 15.7. The van der Waals surface area contributed by atoms with Gasteiger partial charge in [0.2, 0.25) is 0 Å². The van der Waals surface area contributed by atoms with E-state index in [9.17, 15) is 0 Å². The average Bonchev–Trinajstić information content (AvgIpc) is 2.73. The Morgan fingerprint density at radius 1 is 1.11 bits per heavy atom. The lowest BCUT2D eigenvalue weighted by atomic mass is 10.0. The molecule has 1 atom stereocenters. The molecule has 27 heavy (non-hydrogen) atoms. The fourth-order valence-corrected chi connectivity index (χ4v) is 3.50. The molecule has 0 amide bonds. The number of anilines is 2. The molecule has 0 bridgehead atoms. The molecule has 1 N–H and O–H groups in total. The highest BCUT2D eigenvalue weighted by molar-refractivity contribution is 5.62. The van der Waals surface area contributed by atoms with Crippen LogP contribution in [0.1, 0.15) is 25.3 Å². The third-order valence-electron chi connectivity index (χ3n) is 4.92. The highest BCUT2D eigenvalue weighted by atomic mass is 15.2. The number of hydrogen-bond acceptors (Lipinski definition) is 5. The minimum atomic E-state index is 0.689. The topological polar surface area (TPSA) is 53.9 Å². The first-order valence-electron chi connectivity index (χ1n) is 9.60. The zero-order chi connectivity index (χ0) is 18.5. The van der Waals surface area contributed by atoms with Crippen LogP contribution in [0.4, 0.5) is 11.6 Å². The van der Waals surface area contributed by atoms with Crippen LogP contribution < -0.4 is 10.2 Å². The molecule has 5 nitrogen and oxygen atoms in total. The number of rotatable bonds is 5. The zero-order valence-corrected chi connectivity index (χ0v) is 15.7. The fraction of sp³-hybridized carbons (Fsp3) is 0.318. The number of piperidine rings is 1. The molecule has 1 fully saturated rings. The lowest BCUT2D eigenvalue weighted by Crippen LogP contribution is -2.35. The maximum absolute atomic E-state index is 4.88. The van der Waals surface area contributed by atoms with Gasteiger partial charge in [-0.3, -0.25) is 4.98 Å². The van der Waals surface area contributed by atoms with Crippen molar-refractivity contribution in [1.82, 2.24) is 15.0 Å². The van der Waals surface area contributed by atoms with Gasteiger partial charge in [0, 0.05) is 43.7 Å². The largest absolute Gasteiger partial charge is 0.366 e. The smallest absolute Gasteiger partial charge is 0.163 e. The van der Waals surface area contributed by atoms with Crippen molar-refractivity contribution in [3.05, 3.63) is 66.5 Å². The molecule has 1 aliphatic heterocycles. The molecule has 5 heteroatoms. The molecule has 3 heterocycles. The van der Waals surface area contributed by atoms with Crippen molar-refractivity contribution < 1.29 is 0 Å². The summed E-state index contributed by atoms with van der Waals surface area (Å²) < 4.78 is 0. The summed E-state index contributed by atoms with van der Waals surface area (Å²) >= 11 is 0. The summed E-state index contributed by atoms with van der Waals surface area (Å²) in [4.78, 5) is 16.2. The van der Waals surface area contributed by atoms with Crippen molar-refractivity contribution in [2.24, 2.45) is 5.92 Å². The summed E-state index contributed by atoms with van der Waals surface area (Å²) in [6.07, 6.45) is 6.17. The van der Waals surface area contributed by atoms with Crippen molar-refractivity contribution in [3.8, 4) is 11.4 Å². The molecule has 0 radical (unpaired) electrons. The summed E-state index contributed by atoms with van der Waals surface area (Å²) in [6.45, 7) is 5.10. The van der Waals surface area contributed by atoms with Crippen molar-refractivity contribution >= 4 is 11.6 Å². The quantitative estimate of drug-likeness (QED) is 0.732. The van der Waals surface area contributed by atoms with Gasteiger partial charge < -0.3 is 10.2 Å². The summed E-state index contributed by atoms with van der Waals surface area (Å²) in [5.41, 5.74) is 2.17. The standard InChI is InChI=1S/C22H25N5/c1-17-7-6-12-27(16-17)21-13-20(24-15-18-8-5-11-23-14-18)25-22(26-21)19-9-3-2-4-10-19/h2-5,8-11,13-14,17H,6-7,12,15-16H2,1H3,(H,24,25,26). The van der Waals surface area contributed by atoms with E-state index in [4.69, 9.17) is 9.97 Å². The Labute approximate surface area is 160 Å². The highest BCUT2D eigenvalue weighted by Gasteiger charge is 2.19. The summed E-state index contributed by atoms with van der Waals surface area (Å²) in [7, 11) is 0. The molecular weight excluding hydrogens is 334 g/mol. The van der Waals surface area contributed by atoms with E-state index in [-0.39, 0.29) is 0 Å². The third-order valence-corrected chi connectivity index (χ3v) is 4.92. The van der Waals surface area contributed by atoms with E-state index in [0.29, 0.717) is 12.5 Å². The van der Waals surface area contributed by atoms with Gasteiger partial charge in [0.1, 0.15) is 11.6 Å². The Kier molecular flexibility index (Phi) is 5.28. The Hall–Kier alpha value is -2.95. The summed E-state index contributed by atoms with van der Waals surface area (Å²) in [6, 6.07) is 16.3. The maximum Gasteiger partial charge on any atom is 0.163 e. The molecular formula is C22H25N5. The molecule has 4 rings (SSSR count). The monoisotopic (exact) mass is 359 g/mol. The second-order valence-electron chi connectivity index (χ2n) is 7.21.